The number of hydrogen-bond acceptors (Lipinski definition) is 5. The molecule has 0 saturated carbocycles. The molecule has 2 saturated heterocycles. The van der Waals surface area contributed by atoms with Gasteiger partial charge in [0.1, 0.15) is 0 Å². The lowest BCUT2D eigenvalue weighted by Crippen LogP contribution is -2.50. The van der Waals surface area contributed by atoms with Crippen LogP contribution in [-0.2, 0) is 0 Å². The molecule has 0 bridgehead atoms. The van der Waals surface area contributed by atoms with Gasteiger partial charge in [-0.2, -0.15) is 5.10 Å². The van der Waals surface area contributed by atoms with Crippen LogP contribution in [0.25, 0.3) is 0 Å². The van der Waals surface area contributed by atoms with E-state index in [-0.39, 0.29) is 6.04 Å². The zero-order chi connectivity index (χ0) is 12.5. The second-order valence-electron chi connectivity index (χ2n) is 4.77. The standard InChI is InChI=1S/C11H15N5O2/c17-11(18)15-5-1-8-2-6-16(9(8)7-15)10-12-3-4-13-14-10/h3-4,8-9H,1-2,5-7H2,(H,17,18). The Balaban J connectivity index is 1.80. The molecule has 1 N–H and O–H groups in total. The van der Waals surface area contributed by atoms with Gasteiger partial charge in [-0.3, -0.25) is 0 Å². The molecular formula is C11H15N5O2. The van der Waals surface area contributed by atoms with Gasteiger partial charge < -0.3 is 14.9 Å². The predicted molar refractivity (Wildman–Crippen MR) is 63.3 cm³/mol. The van der Waals surface area contributed by atoms with E-state index in [0.29, 0.717) is 25.0 Å². The smallest absolute Gasteiger partial charge is 0.407 e. The van der Waals surface area contributed by atoms with Gasteiger partial charge in [0.15, 0.2) is 0 Å². The first-order valence-electron chi connectivity index (χ1n) is 6.14. The van der Waals surface area contributed by atoms with Gasteiger partial charge in [-0.1, -0.05) is 0 Å². The summed E-state index contributed by atoms with van der Waals surface area (Å²) in [5.41, 5.74) is 0. The maximum atomic E-state index is 11.0. The number of hydrogen-bond donors (Lipinski definition) is 1. The van der Waals surface area contributed by atoms with Crippen molar-refractivity contribution in [2.45, 2.75) is 18.9 Å². The highest BCUT2D eigenvalue weighted by molar-refractivity contribution is 5.65. The van der Waals surface area contributed by atoms with Crippen LogP contribution in [-0.4, -0.2) is 57.0 Å². The van der Waals surface area contributed by atoms with Crippen molar-refractivity contribution in [3.63, 3.8) is 0 Å². The number of amides is 1. The van der Waals surface area contributed by atoms with Gasteiger partial charge in [-0.25, -0.2) is 9.78 Å². The molecule has 96 valence electrons. The molecule has 0 radical (unpaired) electrons. The van der Waals surface area contributed by atoms with Crippen LogP contribution >= 0.6 is 0 Å². The van der Waals surface area contributed by atoms with Gasteiger partial charge in [0.05, 0.1) is 18.4 Å². The molecule has 7 heteroatoms. The fraction of sp³-hybridized carbons (Fsp3) is 0.636. The van der Waals surface area contributed by atoms with Gasteiger partial charge in [0, 0.05) is 19.6 Å². The summed E-state index contributed by atoms with van der Waals surface area (Å²) < 4.78 is 0. The number of fused-ring (bicyclic) bond motifs is 1. The fourth-order valence-electron chi connectivity index (χ4n) is 2.93. The molecule has 18 heavy (non-hydrogen) atoms. The summed E-state index contributed by atoms with van der Waals surface area (Å²) in [6, 6.07) is 0.194. The molecule has 0 spiro atoms. The van der Waals surface area contributed by atoms with Crippen LogP contribution in [0.1, 0.15) is 12.8 Å². The van der Waals surface area contributed by atoms with Crippen molar-refractivity contribution in [3.05, 3.63) is 12.4 Å². The van der Waals surface area contributed by atoms with E-state index in [1.807, 2.05) is 0 Å². The molecule has 7 nitrogen and oxygen atoms in total. The van der Waals surface area contributed by atoms with E-state index >= 15 is 0 Å². The summed E-state index contributed by atoms with van der Waals surface area (Å²) in [6.45, 7) is 2.06. The number of nitrogens with zero attached hydrogens (tertiary/aromatic N) is 5. The molecule has 3 rings (SSSR count). The van der Waals surface area contributed by atoms with Gasteiger partial charge in [0.25, 0.3) is 0 Å². The third kappa shape index (κ3) is 1.85. The lowest BCUT2D eigenvalue weighted by Gasteiger charge is -2.36. The lowest BCUT2D eigenvalue weighted by molar-refractivity contribution is 0.121. The molecule has 0 aliphatic carbocycles. The van der Waals surface area contributed by atoms with E-state index in [9.17, 15) is 4.79 Å². The number of carbonyl (C=O) groups is 1. The first-order valence-corrected chi connectivity index (χ1v) is 6.14. The van der Waals surface area contributed by atoms with Crippen LogP contribution in [0.5, 0.6) is 0 Å². The normalized spacial score (nSPS) is 27.1. The highest BCUT2D eigenvalue weighted by atomic mass is 16.4. The molecular weight excluding hydrogens is 234 g/mol. The van der Waals surface area contributed by atoms with E-state index < -0.39 is 6.09 Å². The minimum absolute atomic E-state index is 0.194. The molecule has 1 amide bonds. The van der Waals surface area contributed by atoms with E-state index in [1.54, 1.807) is 12.4 Å². The number of piperidine rings is 1. The van der Waals surface area contributed by atoms with Crippen LogP contribution < -0.4 is 4.90 Å². The third-order valence-corrected chi connectivity index (χ3v) is 3.86. The lowest BCUT2D eigenvalue weighted by atomic mass is 9.92. The van der Waals surface area contributed by atoms with Crippen LogP contribution in [0.15, 0.2) is 12.4 Å². The minimum atomic E-state index is -0.840. The molecule has 2 atom stereocenters. The van der Waals surface area contributed by atoms with Crippen molar-refractivity contribution in [2.24, 2.45) is 5.92 Å². The molecule has 2 unspecified atom stereocenters. The number of aromatic nitrogens is 3. The zero-order valence-electron chi connectivity index (χ0n) is 9.94. The third-order valence-electron chi connectivity index (χ3n) is 3.86. The second kappa shape index (κ2) is 4.40. The Morgan fingerprint density at radius 2 is 2.17 bits per heavy atom. The van der Waals surface area contributed by atoms with Gasteiger partial charge in [0.2, 0.25) is 5.95 Å². The van der Waals surface area contributed by atoms with Crippen molar-refractivity contribution in [1.82, 2.24) is 20.1 Å². The zero-order valence-corrected chi connectivity index (χ0v) is 9.94. The Morgan fingerprint density at radius 1 is 1.33 bits per heavy atom. The summed E-state index contributed by atoms with van der Waals surface area (Å²) >= 11 is 0. The Labute approximate surface area is 104 Å². The number of likely N-dealkylation sites (tertiary alicyclic amines) is 1. The Bertz CT molecular complexity index is 440. The maximum Gasteiger partial charge on any atom is 0.407 e. The maximum absolute atomic E-state index is 11.0. The molecule has 3 heterocycles. The minimum Gasteiger partial charge on any atom is -0.465 e. The Hall–Kier alpha value is -1.92. The second-order valence-corrected chi connectivity index (χ2v) is 4.77. The van der Waals surface area contributed by atoms with Crippen LogP contribution in [0.2, 0.25) is 0 Å². The highest BCUT2D eigenvalue weighted by Gasteiger charge is 2.40. The summed E-state index contributed by atoms with van der Waals surface area (Å²) in [4.78, 5) is 18.8. The highest BCUT2D eigenvalue weighted by Crippen LogP contribution is 2.33. The van der Waals surface area contributed by atoms with Crippen molar-refractivity contribution in [3.8, 4) is 0 Å². The molecule has 2 aliphatic heterocycles. The first kappa shape index (κ1) is 11.2. The summed E-state index contributed by atoms with van der Waals surface area (Å²) in [7, 11) is 0. The number of rotatable bonds is 1. The summed E-state index contributed by atoms with van der Waals surface area (Å²) in [5, 5.41) is 16.9. The van der Waals surface area contributed by atoms with Crippen LogP contribution in [0, 0.1) is 5.92 Å². The molecule has 2 aliphatic rings. The fourth-order valence-corrected chi connectivity index (χ4v) is 2.93. The van der Waals surface area contributed by atoms with E-state index in [4.69, 9.17) is 5.11 Å². The van der Waals surface area contributed by atoms with Crippen LogP contribution in [0.4, 0.5) is 10.7 Å². The number of carboxylic acid groups (broad SMARTS) is 1. The average molecular weight is 249 g/mol. The van der Waals surface area contributed by atoms with E-state index in [2.05, 4.69) is 20.1 Å². The van der Waals surface area contributed by atoms with Gasteiger partial charge in [-0.05, 0) is 18.8 Å². The van der Waals surface area contributed by atoms with Crippen molar-refractivity contribution >= 4 is 12.0 Å². The molecule has 1 aromatic rings. The van der Waals surface area contributed by atoms with Gasteiger partial charge in [-0.15, -0.1) is 5.10 Å². The van der Waals surface area contributed by atoms with Gasteiger partial charge >= 0.3 is 6.09 Å². The quantitative estimate of drug-likeness (QED) is 0.778. The Kier molecular flexibility index (Phi) is 2.73. The monoisotopic (exact) mass is 249 g/mol. The van der Waals surface area contributed by atoms with Crippen molar-refractivity contribution in [2.75, 3.05) is 24.5 Å². The predicted octanol–water partition coefficient (Wildman–Crippen LogP) is 0.450. The SMILES string of the molecule is O=C(O)N1CCC2CCN(c3nccnn3)C2C1. The molecule has 0 aromatic carbocycles. The van der Waals surface area contributed by atoms with Crippen molar-refractivity contribution in [1.29, 1.82) is 0 Å². The number of anilines is 1. The first-order chi connectivity index (χ1) is 8.75. The van der Waals surface area contributed by atoms with Crippen molar-refractivity contribution < 1.29 is 9.90 Å². The molecule has 1 aromatic heterocycles. The van der Waals surface area contributed by atoms with E-state index in [0.717, 1.165) is 19.4 Å². The van der Waals surface area contributed by atoms with Crippen LogP contribution in [0.3, 0.4) is 0 Å². The molecule has 2 fully saturated rings. The van der Waals surface area contributed by atoms with E-state index in [1.165, 1.54) is 4.90 Å². The Morgan fingerprint density at radius 3 is 2.89 bits per heavy atom. The average Bonchev–Trinajstić information content (AvgIpc) is 2.82. The largest absolute Gasteiger partial charge is 0.465 e. The summed E-state index contributed by atoms with van der Waals surface area (Å²) in [5.74, 6) is 1.15. The topological polar surface area (TPSA) is 82.5 Å². The summed E-state index contributed by atoms with van der Waals surface area (Å²) in [6.07, 6.45) is 4.33.